The molecular weight excluding hydrogens is 532 g/mol. The predicted octanol–water partition coefficient (Wildman–Crippen LogP) is 5.69. The van der Waals surface area contributed by atoms with Crippen LogP contribution in [0.1, 0.15) is 17.5 Å². The van der Waals surface area contributed by atoms with E-state index in [-0.39, 0.29) is 0 Å². The summed E-state index contributed by atoms with van der Waals surface area (Å²) in [4.78, 5) is 7.70. The van der Waals surface area contributed by atoms with Crippen LogP contribution in [0.4, 0.5) is 0 Å². The minimum absolute atomic E-state index is 0.502. The Labute approximate surface area is 154 Å². The smallest absolute Gasteiger partial charge is 0.140 e. The van der Waals surface area contributed by atoms with Crippen molar-refractivity contribution >= 4 is 74.8 Å². The molecule has 0 radical (unpaired) electrons. The van der Waals surface area contributed by atoms with E-state index < -0.39 is 6.10 Å². The molecule has 1 aromatic heterocycles. The van der Waals surface area contributed by atoms with Crippen molar-refractivity contribution in [3.63, 3.8) is 0 Å². The highest BCUT2D eigenvalue weighted by atomic mass is 79.9. The maximum Gasteiger partial charge on any atom is 0.140 e. The van der Waals surface area contributed by atoms with Gasteiger partial charge in [0.1, 0.15) is 17.4 Å². The van der Waals surface area contributed by atoms with Crippen LogP contribution in [0.2, 0.25) is 0 Å². The number of rotatable bonds is 2. The molecule has 0 spiro atoms. The Morgan fingerprint density at radius 3 is 2.19 bits per heavy atom. The predicted molar refractivity (Wildman–Crippen MR) is 97.4 cm³/mol. The number of aliphatic hydroxyl groups is 1. The average molecular weight is 540 g/mol. The van der Waals surface area contributed by atoms with Crippen LogP contribution in [0.15, 0.2) is 48.2 Å². The third-order valence-corrected chi connectivity index (χ3v) is 7.85. The van der Waals surface area contributed by atoms with E-state index in [9.17, 15) is 5.11 Å². The Bertz CT molecular complexity index is 772. The van der Waals surface area contributed by atoms with E-state index in [0.717, 1.165) is 34.5 Å². The van der Waals surface area contributed by atoms with Crippen LogP contribution in [0.5, 0.6) is 0 Å². The van der Waals surface area contributed by atoms with Crippen LogP contribution in [0, 0.1) is 0 Å². The van der Waals surface area contributed by atoms with Gasteiger partial charge in [-0.3, -0.25) is 0 Å². The fraction of sp³-hybridized carbons (Fsp3) is 0.0714. The zero-order chi connectivity index (χ0) is 15.1. The summed E-state index contributed by atoms with van der Waals surface area (Å²) in [6.45, 7) is 0. The number of H-pyrrole nitrogens is 1. The number of hydrogen-bond acceptors (Lipinski definition) is 2. The molecule has 1 atom stereocenters. The quantitative estimate of drug-likeness (QED) is 0.324. The van der Waals surface area contributed by atoms with Gasteiger partial charge in [0.15, 0.2) is 0 Å². The molecule has 108 valence electrons. The number of nitrogens with zero attached hydrogens (tertiary/aromatic N) is 1. The first-order chi connectivity index (χ1) is 10.0. The maximum atomic E-state index is 10.5. The lowest BCUT2D eigenvalue weighted by molar-refractivity contribution is 0.211. The number of fused-ring (bicyclic) bond motifs is 1. The van der Waals surface area contributed by atoms with Crippen LogP contribution in [-0.4, -0.2) is 15.1 Å². The van der Waals surface area contributed by atoms with E-state index in [4.69, 9.17) is 0 Å². The summed E-state index contributed by atoms with van der Waals surface area (Å²) in [5.41, 5.74) is 2.37. The second kappa shape index (κ2) is 6.12. The molecule has 0 aliphatic rings. The monoisotopic (exact) mass is 536 g/mol. The largest absolute Gasteiger partial charge is 0.380 e. The highest BCUT2D eigenvalue weighted by Gasteiger charge is 2.20. The summed E-state index contributed by atoms with van der Waals surface area (Å²) in [7, 11) is 0. The lowest BCUT2D eigenvalue weighted by Gasteiger charge is -2.06. The third-order valence-electron chi connectivity index (χ3n) is 3.10. The van der Waals surface area contributed by atoms with Crippen LogP contribution in [-0.2, 0) is 0 Å². The number of imidazole rings is 1. The molecule has 0 saturated carbocycles. The van der Waals surface area contributed by atoms with E-state index in [0.29, 0.717) is 5.82 Å². The van der Waals surface area contributed by atoms with Gasteiger partial charge in [-0.2, -0.15) is 0 Å². The summed E-state index contributed by atoms with van der Waals surface area (Å²) < 4.78 is 3.43. The summed E-state index contributed by atoms with van der Waals surface area (Å²) >= 11 is 14.1. The van der Waals surface area contributed by atoms with Crippen LogP contribution >= 0.6 is 63.7 Å². The number of aromatic amines is 1. The van der Waals surface area contributed by atoms with Crippen molar-refractivity contribution in [2.45, 2.75) is 6.10 Å². The summed E-state index contributed by atoms with van der Waals surface area (Å²) in [6, 6.07) is 9.43. The van der Waals surface area contributed by atoms with Crippen LogP contribution < -0.4 is 0 Å². The molecular formula is C14H8Br4N2O. The van der Waals surface area contributed by atoms with Crippen molar-refractivity contribution in [1.29, 1.82) is 0 Å². The number of hydrogen-bond donors (Lipinski definition) is 2. The molecule has 1 heterocycles. The molecule has 2 N–H and O–H groups in total. The molecule has 3 rings (SSSR count). The molecule has 3 nitrogen and oxygen atoms in total. The Kier molecular flexibility index (Phi) is 4.57. The Morgan fingerprint density at radius 1 is 0.905 bits per heavy atom. The number of nitrogens with one attached hydrogen (secondary N) is 1. The number of benzene rings is 2. The van der Waals surface area contributed by atoms with Gasteiger partial charge in [0.2, 0.25) is 0 Å². The first kappa shape index (κ1) is 15.7. The highest BCUT2D eigenvalue weighted by molar-refractivity contribution is 9.15. The topological polar surface area (TPSA) is 48.9 Å². The van der Waals surface area contributed by atoms with Crippen LogP contribution in [0.25, 0.3) is 11.0 Å². The average Bonchev–Trinajstić information content (AvgIpc) is 2.96. The SMILES string of the molecule is OC(c1ccccc1)c1nc2c(Br)c(Br)c(Br)c(Br)c2[nH]1. The molecule has 21 heavy (non-hydrogen) atoms. The van der Waals surface area contributed by atoms with Crippen molar-refractivity contribution < 1.29 is 5.11 Å². The van der Waals surface area contributed by atoms with E-state index in [1.54, 1.807) is 0 Å². The molecule has 0 fully saturated rings. The fourth-order valence-electron chi connectivity index (χ4n) is 2.04. The van der Waals surface area contributed by atoms with Gasteiger partial charge in [-0.1, -0.05) is 30.3 Å². The standard InChI is InChI=1S/C14H8Br4N2O/c15-7-8(16)10(18)12-11(9(7)17)19-14(20-12)13(21)6-4-2-1-3-5-6/h1-5,13,21H,(H,19,20). The van der Waals surface area contributed by atoms with Gasteiger partial charge in [0.05, 0.1) is 14.5 Å². The Hall–Kier alpha value is -0.210. The van der Waals surface area contributed by atoms with Crippen molar-refractivity contribution in [3.05, 3.63) is 59.6 Å². The zero-order valence-electron chi connectivity index (χ0n) is 10.4. The van der Waals surface area contributed by atoms with Gasteiger partial charge < -0.3 is 10.1 Å². The second-order valence-corrected chi connectivity index (χ2v) is 7.59. The summed E-state index contributed by atoms with van der Waals surface area (Å²) in [6.07, 6.45) is -0.796. The minimum atomic E-state index is -0.796. The molecule has 3 aromatic rings. The highest BCUT2D eigenvalue weighted by Crippen LogP contribution is 2.43. The molecule has 7 heteroatoms. The van der Waals surface area contributed by atoms with E-state index in [1.807, 2.05) is 30.3 Å². The van der Waals surface area contributed by atoms with Crippen LogP contribution in [0.3, 0.4) is 0 Å². The second-order valence-electron chi connectivity index (χ2n) is 4.41. The van der Waals surface area contributed by atoms with E-state index >= 15 is 0 Å². The molecule has 2 aromatic carbocycles. The first-order valence-electron chi connectivity index (χ1n) is 5.95. The Morgan fingerprint density at radius 2 is 1.52 bits per heavy atom. The molecule has 0 saturated heterocycles. The number of aromatic nitrogens is 2. The lowest BCUT2D eigenvalue weighted by atomic mass is 10.1. The summed E-state index contributed by atoms with van der Waals surface area (Å²) in [5.74, 6) is 0.502. The molecule has 0 amide bonds. The van der Waals surface area contributed by atoms with Crippen molar-refractivity contribution in [1.82, 2.24) is 9.97 Å². The van der Waals surface area contributed by atoms with Gasteiger partial charge >= 0.3 is 0 Å². The molecule has 0 aliphatic carbocycles. The minimum Gasteiger partial charge on any atom is -0.380 e. The molecule has 1 unspecified atom stereocenters. The van der Waals surface area contributed by atoms with Crippen molar-refractivity contribution in [2.24, 2.45) is 0 Å². The van der Waals surface area contributed by atoms with E-state index in [2.05, 4.69) is 73.7 Å². The summed E-state index contributed by atoms with van der Waals surface area (Å²) in [5, 5.41) is 10.5. The number of halogens is 4. The molecule has 0 aliphatic heterocycles. The van der Waals surface area contributed by atoms with Gasteiger partial charge in [0.25, 0.3) is 0 Å². The fourth-order valence-corrected chi connectivity index (χ4v) is 4.32. The zero-order valence-corrected chi connectivity index (χ0v) is 16.7. The van der Waals surface area contributed by atoms with Crippen molar-refractivity contribution in [3.8, 4) is 0 Å². The normalized spacial score (nSPS) is 12.8. The lowest BCUT2D eigenvalue weighted by Crippen LogP contribution is -2.01. The van der Waals surface area contributed by atoms with Crippen molar-refractivity contribution in [2.75, 3.05) is 0 Å². The van der Waals surface area contributed by atoms with E-state index in [1.165, 1.54) is 0 Å². The van der Waals surface area contributed by atoms with Gasteiger partial charge in [-0.25, -0.2) is 4.98 Å². The van der Waals surface area contributed by atoms with Gasteiger partial charge in [-0.05, 0) is 69.3 Å². The third kappa shape index (κ3) is 2.74. The first-order valence-corrected chi connectivity index (χ1v) is 9.12. The maximum absolute atomic E-state index is 10.5. The van der Waals surface area contributed by atoms with Gasteiger partial charge in [0, 0.05) is 8.95 Å². The molecule has 0 bridgehead atoms. The number of aliphatic hydroxyl groups excluding tert-OH is 1. The van der Waals surface area contributed by atoms with Gasteiger partial charge in [-0.15, -0.1) is 0 Å². The Balaban J connectivity index is 2.18.